The Balaban J connectivity index is -0.0000000542. The minimum atomic E-state index is 0.833. The SMILES string of the molecule is CC(C)C.CC=CC.CCC.CCCC. The average molecular weight is 216 g/mol. The molecule has 0 heteroatoms. The Morgan fingerprint density at radius 3 is 0.867 bits per heavy atom. The van der Waals surface area contributed by atoms with Gasteiger partial charge >= 0.3 is 0 Å². The van der Waals surface area contributed by atoms with Crippen LogP contribution in [0.5, 0.6) is 0 Å². The molecular formula is C15H36. The first-order valence-corrected chi connectivity index (χ1v) is 6.55. The van der Waals surface area contributed by atoms with Crippen molar-refractivity contribution in [2.24, 2.45) is 5.92 Å². The summed E-state index contributed by atoms with van der Waals surface area (Å²) in [5.41, 5.74) is 0. The molecule has 0 aliphatic rings. The molecule has 0 amide bonds. The third kappa shape index (κ3) is 625. The van der Waals surface area contributed by atoms with Crippen LogP contribution in [0.1, 0.15) is 81.6 Å². The lowest BCUT2D eigenvalue weighted by molar-refractivity contribution is 0.737. The highest BCUT2D eigenvalue weighted by atomic mass is 13.7. The van der Waals surface area contributed by atoms with Crippen molar-refractivity contribution in [1.29, 1.82) is 0 Å². The predicted octanol–water partition coefficient (Wildman–Crippen LogP) is 6.47. The van der Waals surface area contributed by atoms with Crippen molar-refractivity contribution in [3.05, 3.63) is 12.2 Å². The van der Waals surface area contributed by atoms with E-state index >= 15 is 0 Å². The summed E-state index contributed by atoms with van der Waals surface area (Å²) in [7, 11) is 0. The van der Waals surface area contributed by atoms with Gasteiger partial charge in [0.05, 0.1) is 0 Å². The van der Waals surface area contributed by atoms with Crippen LogP contribution >= 0.6 is 0 Å². The molecule has 96 valence electrons. The zero-order valence-electron chi connectivity index (χ0n) is 12.9. The molecule has 0 saturated heterocycles. The molecule has 0 heterocycles. The van der Waals surface area contributed by atoms with Gasteiger partial charge in [-0.05, 0) is 19.8 Å². The number of unbranched alkanes of at least 4 members (excludes halogenated alkanes) is 1. The van der Waals surface area contributed by atoms with E-state index in [0.29, 0.717) is 0 Å². The fraction of sp³-hybridized carbons (Fsp3) is 0.867. The Hall–Kier alpha value is -0.260. The molecule has 0 aliphatic heterocycles. The highest BCUT2D eigenvalue weighted by Gasteiger charge is 1.68. The van der Waals surface area contributed by atoms with Gasteiger partial charge in [-0.3, -0.25) is 0 Å². The lowest BCUT2D eigenvalue weighted by Gasteiger charge is -1.79. The van der Waals surface area contributed by atoms with Crippen LogP contribution in [-0.2, 0) is 0 Å². The Morgan fingerprint density at radius 2 is 0.867 bits per heavy atom. The molecule has 0 fully saturated rings. The summed E-state index contributed by atoms with van der Waals surface area (Å²) in [5, 5.41) is 0. The maximum Gasteiger partial charge on any atom is -0.0470 e. The van der Waals surface area contributed by atoms with E-state index in [0.717, 1.165) is 5.92 Å². The molecule has 0 unspecified atom stereocenters. The summed E-state index contributed by atoms with van der Waals surface area (Å²) >= 11 is 0. The van der Waals surface area contributed by atoms with Crippen molar-refractivity contribution in [3.8, 4) is 0 Å². The van der Waals surface area contributed by atoms with Gasteiger partial charge < -0.3 is 0 Å². The van der Waals surface area contributed by atoms with E-state index in [1.54, 1.807) is 0 Å². The normalized spacial score (nSPS) is 8.13. The van der Waals surface area contributed by atoms with Gasteiger partial charge in [0, 0.05) is 0 Å². The first-order chi connectivity index (χ1) is 6.97. The van der Waals surface area contributed by atoms with Crippen molar-refractivity contribution in [3.63, 3.8) is 0 Å². The molecule has 0 aromatic rings. The van der Waals surface area contributed by atoms with Gasteiger partial charge in [-0.15, -0.1) is 0 Å². The molecule has 0 aromatic heterocycles. The predicted molar refractivity (Wildman–Crippen MR) is 77.5 cm³/mol. The molecule has 15 heavy (non-hydrogen) atoms. The molecule has 0 spiro atoms. The van der Waals surface area contributed by atoms with Gasteiger partial charge in [0.1, 0.15) is 0 Å². The van der Waals surface area contributed by atoms with Crippen LogP contribution in [0.2, 0.25) is 0 Å². The van der Waals surface area contributed by atoms with E-state index in [1.807, 2.05) is 26.0 Å². The van der Waals surface area contributed by atoms with Gasteiger partial charge in [0.2, 0.25) is 0 Å². The Labute approximate surface area is 100 Å². The van der Waals surface area contributed by atoms with Gasteiger partial charge in [-0.25, -0.2) is 0 Å². The van der Waals surface area contributed by atoms with Crippen LogP contribution in [0.3, 0.4) is 0 Å². The number of hydrogen-bond acceptors (Lipinski definition) is 0. The molecule has 0 saturated carbocycles. The summed E-state index contributed by atoms with van der Waals surface area (Å²) in [5.74, 6) is 0.833. The number of rotatable bonds is 1. The van der Waals surface area contributed by atoms with Crippen LogP contribution < -0.4 is 0 Å². The van der Waals surface area contributed by atoms with Crippen LogP contribution in [-0.4, -0.2) is 0 Å². The standard InChI is InChI=1S/2C4H10.C4H8.C3H8/c1-4(2)3;2*1-3-4-2;1-3-2/h4H,1-3H3;3-4H2,1-2H3;3-4H,1-2H3;3H2,1-2H3. The summed E-state index contributed by atoms with van der Waals surface area (Å²) in [6.45, 7) is 19.1. The molecule has 0 aromatic carbocycles. The minimum Gasteiger partial charge on any atom is -0.0919 e. The zero-order valence-corrected chi connectivity index (χ0v) is 12.9. The zero-order chi connectivity index (χ0) is 13.1. The molecular weight excluding hydrogens is 180 g/mol. The van der Waals surface area contributed by atoms with E-state index in [2.05, 4.69) is 48.5 Å². The van der Waals surface area contributed by atoms with Gasteiger partial charge in [-0.2, -0.15) is 0 Å². The smallest absolute Gasteiger partial charge is 0.0470 e. The van der Waals surface area contributed by atoms with Crippen LogP contribution in [0, 0.1) is 5.92 Å². The summed E-state index contributed by atoms with van der Waals surface area (Å²) in [4.78, 5) is 0. The molecule has 0 radical (unpaired) electrons. The maximum atomic E-state index is 2.18. The average Bonchev–Trinajstić information content (AvgIpc) is 2.18. The molecule has 0 bridgehead atoms. The third-order valence-corrected chi connectivity index (χ3v) is 0.833. The summed E-state index contributed by atoms with van der Waals surface area (Å²) in [6, 6.07) is 0. The van der Waals surface area contributed by atoms with E-state index in [4.69, 9.17) is 0 Å². The Kier molecular flexibility index (Phi) is 59.9. The van der Waals surface area contributed by atoms with Crippen LogP contribution in [0.25, 0.3) is 0 Å². The first kappa shape index (κ1) is 24.1. The molecule has 0 nitrogen and oxygen atoms in total. The van der Waals surface area contributed by atoms with Crippen molar-refractivity contribution in [2.45, 2.75) is 81.6 Å². The van der Waals surface area contributed by atoms with E-state index < -0.39 is 0 Å². The highest BCUT2D eigenvalue weighted by molar-refractivity contribution is 4.68. The van der Waals surface area contributed by atoms with Crippen LogP contribution in [0.15, 0.2) is 12.2 Å². The topological polar surface area (TPSA) is 0 Å². The van der Waals surface area contributed by atoms with E-state index in [-0.39, 0.29) is 0 Å². The fourth-order valence-electron chi connectivity index (χ4n) is 0. The Bertz CT molecular complexity index is 61.4. The van der Waals surface area contributed by atoms with Gasteiger partial charge in [0.15, 0.2) is 0 Å². The summed E-state index contributed by atoms with van der Waals surface area (Å²) in [6.07, 6.45) is 7.89. The fourth-order valence-corrected chi connectivity index (χ4v) is 0. The van der Waals surface area contributed by atoms with Crippen molar-refractivity contribution >= 4 is 0 Å². The number of allylic oxidation sites excluding steroid dienone is 2. The quantitative estimate of drug-likeness (QED) is 0.441. The molecule has 0 N–H and O–H groups in total. The van der Waals surface area contributed by atoms with Gasteiger partial charge in [0.25, 0.3) is 0 Å². The lowest BCUT2D eigenvalue weighted by atomic mass is 10.3. The second-order valence-electron chi connectivity index (χ2n) is 4.11. The number of hydrogen-bond donors (Lipinski definition) is 0. The van der Waals surface area contributed by atoms with Crippen molar-refractivity contribution in [2.75, 3.05) is 0 Å². The van der Waals surface area contributed by atoms with Crippen LogP contribution in [0.4, 0.5) is 0 Å². The molecule has 0 rings (SSSR count). The highest BCUT2D eigenvalue weighted by Crippen LogP contribution is 1.81. The lowest BCUT2D eigenvalue weighted by Crippen LogP contribution is -1.66. The first-order valence-electron chi connectivity index (χ1n) is 6.55. The molecule has 0 atom stereocenters. The maximum absolute atomic E-state index is 2.18. The van der Waals surface area contributed by atoms with Gasteiger partial charge in [-0.1, -0.05) is 79.9 Å². The monoisotopic (exact) mass is 216 g/mol. The largest absolute Gasteiger partial charge is 0.0919 e. The van der Waals surface area contributed by atoms with E-state index in [9.17, 15) is 0 Å². The molecule has 0 aliphatic carbocycles. The summed E-state index contributed by atoms with van der Waals surface area (Å²) < 4.78 is 0. The van der Waals surface area contributed by atoms with Crippen molar-refractivity contribution < 1.29 is 0 Å². The second-order valence-corrected chi connectivity index (χ2v) is 4.11. The van der Waals surface area contributed by atoms with E-state index in [1.165, 1.54) is 19.3 Å². The second kappa shape index (κ2) is 37.2. The van der Waals surface area contributed by atoms with Crippen molar-refractivity contribution in [1.82, 2.24) is 0 Å². The minimum absolute atomic E-state index is 0.833. The Morgan fingerprint density at radius 1 is 0.733 bits per heavy atom. The third-order valence-electron chi connectivity index (χ3n) is 0.833.